The van der Waals surface area contributed by atoms with E-state index in [-0.39, 0.29) is 17.9 Å². The van der Waals surface area contributed by atoms with Crippen molar-refractivity contribution in [3.63, 3.8) is 0 Å². The summed E-state index contributed by atoms with van der Waals surface area (Å²) in [6.07, 6.45) is 2.43. The Labute approximate surface area is 153 Å². The molecule has 0 aliphatic carbocycles. The molecule has 0 spiro atoms. The summed E-state index contributed by atoms with van der Waals surface area (Å²) in [5.74, 6) is 0.815. The van der Waals surface area contributed by atoms with Crippen molar-refractivity contribution in [3.05, 3.63) is 53.2 Å². The van der Waals surface area contributed by atoms with Gasteiger partial charge in [-0.3, -0.25) is 14.5 Å². The quantitative estimate of drug-likeness (QED) is 0.765. The molecule has 6 nitrogen and oxygen atoms in total. The van der Waals surface area contributed by atoms with Gasteiger partial charge in [-0.1, -0.05) is 26.8 Å². The molecule has 0 saturated heterocycles. The van der Waals surface area contributed by atoms with Crippen molar-refractivity contribution in [2.45, 2.75) is 40.2 Å². The van der Waals surface area contributed by atoms with E-state index in [0.29, 0.717) is 5.56 Å². The van der Waals surface area contributed by atoms with Crippen LogP contribution in [0.1, 0.15) is 54.3 Å². The number of aromatic nitrogens is 4. The van der Waals surface area contributed by atoms with Crippen LogP contribution in [0.5, 0.6) is 0 Å². The van der Waals surface area contributed by atoms with Gasteiger partial charge in [-0.2, -0.15) is 5.10 Å². The number of carbonyl (C=O) groups excluding carboxylic acids is 1. The van der Waals surface area contributed by atoms with E-state index in [4.69, 9.17) is 0 Å². The van der Waals surface area contributed by atoms with E-state index in [1.54, 1.807) is 4.68 Å². The number of amides is 1. The number of nitrogens with zero attached hydrogens (tertiary/aromatic N) is 4. The van der Waals surface area contributed by atoms with E-state index in [0.717, 1.165) is 28.8 Å². The molecule has 0 radical (unpaired) electrons. The first-order valence-corrected chi connectivity index (χ1v) is 8.95. The Morgan fingerprint density at radius 1 is 1.27 bits per heavy atom. The lowest BCUT2D eigenvalue weighted by Crippen LogP contribution is -2.33. The minimum absolute atomic E-state index is 0.115. The molecule has 1 aromatic carbocycles. The number of rotatable bonds is 5. The molecule has 1 atom stereocenters. The second kappa shape index (κ2) is 7.23. The summed E-state index contributed by atoms with van der Waals surface area (Å²) in [5.41, 5.74) is 3.50. The lowest BCUT2D eigenvalue weighted by Gasteiger charge is -2.22. The maximum atomic E-state index is 13.1. The largest absolute Gasteiger partial charge is 0.342 e. The molecule has 0 aliphatic heterocycles. The van der Waals surface area contributed by atoms with Gasteiger partial charge >= 0.3 is 0 Å². The average molecular weight is 351 g/mol. The van der Waals surface area contributed by atoms with Crippen LogP contribution in [0.2, 0.25) is 0 Å². The van der Waals surface area contributed by atoms with Gasteiger partial charge in [0.1, 0.15) is 12.2 Å². The fourth-order valence-electron chi connectivity index (χ4n) is 3.15. The maximum absolute atomic E-state index is 13.1. The Morgan fingerprint density at radius 3 is 2.65 bits per heavy atom. The number of benzene rings is 1. The first kappa shape index (κ1) is 18.0. The molecule has 1 unspecified atom stereocenters. The predicted octanol–water partition coefficient (Wildman–Crippen LogP) is 3.36. The predicted molar refractivity (Wildman–Crippen MR) is 102 cm³/mol. The Morgan fingerprint density at radius 2 is 2.04 bits per heavy atom. The van der Waals surface area contributed by atoms with Gasteiger partial charge in [-0.15, -0.1) is 0 Å². The Bertz CT molecular complexity index is 945. The van der Waals surface area contributed by atoms with Gasteiger partial charge in [0, 0.05) is 18.1 Å². The van der Waals surface area contributed by atoms with Crippen LogP contribution in [-0.4, -0.2) is 25.7 Å². The molecular weight excluding hydrogens is 326 g/mol. The Hall–Kier alpha value is -2.76. The number of nitrogens with one attached hydrogen (secondary N) is 1. The van der Waals surface area contributed by atoms with Gasteiger partial charge in [0.15, 0.2) is 0 Å². The monoisotopic (exact) mass is 351 g/mol. The Balaban J connectivity index is 2.02. The molecule has 1 amide bonds. The zero-order chi connectivity index (χ0) is 18.8. The fourth-order valence-corrected chi connectivity index (χ4v) is 3.15. The minimum atomic E-state index is -0.215. The third-order valence-electron chi connectivity index (χ3n) is 4.63. The summed E-state index contributed by atoms with van der Waals surface area (Å²) >= 11 is 0. The first-order valence-electron chi connectivity index (χ1n) is 8.95. The topological polar surface area (TPSA) is 72.7 Å². The van der Waals surface area contributed by atoms with E-state index in [1.807, 2.05) is 26.1 Å². The van der Waals surface area contributed by atoms with Crippen LogP contribution < -0.4 is 5.32 Å². The summed E-state index contributed by atoms with van der Waals surface area (Å²) in [6, 6.07) is 7.75. The van der Waals surface area contributed by atoms with Crippen molar-refractivity contribution in [2.75, 3.05) is 0 Å². The molecule has 2 heterocycles. The highest BCUT2D eigenvalue weighted by Crippen LogP contribution is 2.24. The number of pyridine rings is 1. The number of aryl methyl sites for hydroxylation is 3. The number of fused-ring (bicyclic) bond motifs is 1. The van der Waals surface area contributed by atoms with Crippen molar-refractivity contribution in [2.24, 2.45) is 13.0 Å². The molecule has 1 N–H and O–H groups in total. The first-order chi connectivity index (χ1) is 12.4. The van der Waals surface area contributed by atoms with E-state index in [1.165, 1.54) is 11.9 Å². The highest BCUT2D eigenvalue weighted by molar-refractivity contribution is 6.06. The van der Waals surface area contributed by atoms with E-state index < -0.39 is 0 Å². The third kappa shape index (κ3) is 3.45. The summed E-state index contributed by atoms with van der Waals surface area (Å²) < 4.78 is 1.70. The molecular formula is C20H25N5O. The Kier molecular flexibility index (Phi) is 5.02. The van der Waals surface area contributed by atoms with Gasteiger partial charge in [-0.05, 0) is 43.0 Å². The molecule has 6 heteroatoms. The SMILES string of the molecule is CCc1ccc2nc(C)cc(C(=O)NC(c3ncnn3C)C(C)C)c2c1. The van der Waals surface area contributed by atoms with Gasteiger partial charge < -0.3 is 5.32 Å². The van der Waals surface area contributed by atoms with Crippen LogP contribution in [0.15, 0.2) is 30.6 Å². The van der Waals surface area contributed by atoms with E-state index in [2.05, 4.69) is 53.3 Å². The van der Waals surface area contributed by atoms with Crippen molar-refractivity contribution in [1.29, 1.82) is 0 Å². The molecule has 136 valence electrons. The van der Waals surface area contributed by atoms with Crippen LogP contribution in [-0.2, 0) is 13.5 Å². The highest BCUT2D eigenvalue weighted by Gasteiger charge is 2.24. The zero-order valence-corrected chi connectivity index (χ0v) is 15.9. The molecule has 3 rings (SSSR count). The molecule has 0 saturated carbocycles. The van der Waals surface area contributed by atoms with Gasteiger partial charge in [0.05, 0.1) is 17.1 Å². The summed E-state index contributed by atoms with van der Waals surface area (Å²) in [7, 11) is 1.84. The van der Waals surface area contributed by atoms with Gasteiger partial charge in [0.2, 0.25) is 0 Å². The second-order valence-corrected chi connectivity index (χ2v) is 6.95. The van der Waals surface area contributed by atoms with E-state index in [9.17, 15) is 4.79 Å². The zero-order valence-electron chi connectivity index (χ0n) is 15.9. The summed E-state index contributed by atoms with van der Waals surface area (Å²) in [5, 5.41) is 8.16. The van der Waals surface area contributed by atoms with Crippen molar-refractivity contribution in [3.8, 4) is 0 Å². The van der Waals surface area contributed by atoms with Crippen molar-refractivity contribution < 1.29 is 4.79 Å². The van der Waals surface area contributed by atoms with Crippen LogP contribution in [0.25, 0.3) is 10.9 Å². The van der Waals surface area contributed by atoms with Gasteiger partial charge in [0.25, 0.3) is 5.91 Å². The minimum Gasteiger partial charge on any atom is -0.342 e. The van der Waals surface area contributed by atoms with Crippen LogP contribution in [0, 0.1) is 12.8 Å². The number of hydrogen-bond donors (Lipinski definition) is 1. The standard InChI is InChI=1S/C20H25N5O/c1-6-14-7-8-17-15(10-14)16(9-13(4)23-17)20(26)24-18(12(2)3)19-21-11-22-25(19)5/h7-12,18H,6H2,1-5H3,(H,24,26). The summed E-state index contributed by atoms with van der Waals surface area (Å²) in [4.78, 5) is 22.0. The van der Waals surface area contributed by atoms with Crippen molar-refractivity contribution >= 4 is 16.8 Å². The molecule has 0 fully saturated rings. The lowest BCUT2D eigenvalue weighted by molar-refractivity contribution is 0.0923. The summed E-state index contributed by atoms with van der Waals surface area (Å²) in [6.45, 7) is 8.13. The van der Waals surface area contributed by atoms with Crippen LogP contribution >= 0.6 is 0 Å². The highest BCUT2D eigenvalue weighted by atomic mass is 16.1. The molecule has 3 aromatic rings. The normalized spacial score (nSPS) is 12.5. The van der Waals surface area contributed by atoms with Gasteiger partial charge in [-0.25, -0.2) is 4.98 Å². The lowest BCUT2D eigenvalue weighted by atomic mass is 10.0. The number of hydrogen-bond acceptors (Lipinski definition) is 4. The third-order valence-corrected chi connectivity index (χ3v) is 4.63. The van der Waals surface area contributed by atoms with Crippen molar-refractivity contribution in [1.82, 2.24) is 25.1 Å². The smallest absolute Gasteiger partial charge is 0.252 e. The molecule has 2 aromatic heterocycles. The average Bonchev–Trinajstić information content (AvgIpc) is 3.03. The molecule has 0 bridgehead atoms. The maximum Gasteiger partial charge on any atom is 0.252 e. The molecule has 0 aliphatic rings. The fraction of sp³-hybridized carbons (Fsp3) is 0.400. The van der Waals surface area contributed by atoms with Crippen LogP contribution in [0.3, 0.4) is 0 Å². The van der Waals surface area contributed by atoms with Crippen LogP contribution in [0.4, 0.5) is 0 Å². The number of carbonyl (C=O) groups is 1. The van der Waals surface area contributed by atoms with E-state index >= 15 is 0 Å². The second-order valence-electron chi connectivity index (χ2n) is 6.95. The molecule has 26 heavy (non-hydrogen) atoms.